The first-order valence-electron chi connectivity index (χ1n) is 4.56. The lowest BCUT2D eigenvalue weighted by molar-refractivity contribution is 0.0643. The first kappa shape index (κ1) is 4.76. The minimum Gasteiger partial charge on any atom is -0.393 e. The van der Waals surface area contributed by atoms with E-state index in [0.717, 1.165) is 35.5 Å². The third kappa shape index (κ3) is 0.268. The Morgan fingerprint density at radius 3 is 2.20 bits per heavy atom. The van der Waals surface area contributed by atoms with Crippen LogP contribution in [-0.2, 0) is 0 Å². The van der Waals surface area contributed by atoms with Crippen molar-refractivity contribution >= 4 is 0 Å². The summed E-state index contributed by atoms with van der Waals surface area (Å²) in [5.74, 6) is 5.61. The van der Waals surface area contributed by atoms with Gasteiger partial charge in [0.2, 0.25) is 0 Å². The van der Waals surface area contributed by atoms with Crippen LogP contribution < -0.4 is 0 Å². The van der Waals surface area contributed by atoms with Gasteiger partial charge in [-0.1, -0.05) is 0 Å². The molecular formula is C9H12O. The van der Waals surface area contributed by atoms with Crippen LogP contribution in [0.4, 0.5) is 0 Å². The Morgan fingerprint density at radius 2 is 1.70 bits per heavy atom. The average Bonchev–Trinajstić information content (AvgIpc) is 2.35. The van der Waals surface area contributed by atoms with E-state index < -0.39 is 0 Å². The Labute approximate surface area is 60.4 Å². The van der Waals surface area contributed by atoms with Crippen molar-refractivity contribution in [2.75, 3.05) is 0 Å². The number of aliphatic hydroxyl groups excluding tert-OH is 1. The van der Waals surface area contributed by atoms with Crippen molar-refractivity contribution in [2.45, 2.75) is 18.9 Å². The molecule has 1 N–H and O–H groups in total. The van der Waals surface area contributed by atoms with Crippen LogP contribution in [0.5, 0.6) is 0 Å². The van der Waals surface area contributed by atoms with Gasteiger partial charge in [0.1, 0.15) is 0 Å². The zero-order chi connectivity index (χ0) is 6.46. The predicted octanol–water partition coefficient (Wildman–Crippen LogP) is 0.879. The summed E-state index contributed by atoms with van der Waals surface area (Å²) in [4.78, 5) is 0. The molecule has 4 rings (SSSR count). The quantitative estimate of drug-likeness (QED) is 0.524. The largest absolute Gasteiger partial charge is 0.393 e. The number of hydrogen-bond acceptors (Lipinski definition) is 1. The third-order valence-electron chi connectivity index (χ3n) is 4.76. The molecule has 0 saturated heterocycles. The molecule has 54 valence electrons. The summed E-state index contributed by atoms with van der Waals surface area (Å²) in [6, 6.07) is 0. The minimum atomic E-state index is 0.138. The molecule has 0 radical (unpaired) electrons. The maximum absolute atomic E-state index is 9.73. The van der Waals surface area contributed by atoms with E-state index in [1.807, 2.05) is 0 Å². The van der Waals surface area contributed by atoms with Crippen molar-refractivity contribution in [1.82, 2.24) is 0 Å². The van der Waals surface area contributed by atoms with Gasteiger partial charge in [-0.05, 0) is 48.3 Å². The van der Waals surface area contributed by atoms with E-state index in [0.29, 0.717) is 0 Å². The normalized spacial score (nSPS) is 80.7. The van der Waals surface area contributed by atoms with E-state index in [9.17, 15) is 5.11 Å². The number of aliphatic hydroxyl groups is 1. The molecule has 10 heavy (non-hydrogen) atoms. The number of hydrogen-bond donors (Lipinski definition) is 1. The Bertz CT molecular complexity index is 192. The van der Waals surface area contributed by atoms with Crippen LogP contribution in [0.15, 0.2) is 0 Å². The van der Waals surface area contributed by atoms with Crippen molar-refractivity contribution in [3.63, 3.8) is 0 Å². The molecule has 4 aliphatic carbocycles. The summed E-state index contributed by atoms with van der Waals surface area (Å²) in [5, 5.41) is 9.73. The highest BCUT2D eigenvalue weighted by atomic mass is 16.3. The summed E-state index contributed by atoms with van der Waals surface area (Å²) >= 11 is 0. The van der Waals surface area contributed by atoms with Crippen LogP contribution in [0.3, 0.4) is 0 Å². The third-order valence-corrected chi connectivity index (χ3v) is 4.76. The van der Waals surface area contributed by atoms with Crippen LogP contribution >= 0.6 is 0 Å². The van der Waals surface area contributed by atoms with Crippen molar-refractivity contribution in [1.29, 1.82) is 0 Å². The predicted molar refractivity (Wildman–Crippen MR) is 36.2 cm³/mol. The van der Waals surface area contributed by atoms with Crippen molar-refractivity contribution in [3.05, 3.63) is 0 Å². The van der Waals surface area contributed by atoms with Crippen LogP contribution in [0.2, 0.25) is 0 Å². The molecule has 0 aliphatic heterocycles. The molecule has 0 aromatic carbocycles. The Hall–Kier alpha value is -0.0400. The molecule has 1 heteroatoms. The molecule has 7 atom stereocenters. The molecule has 4 aliphatic rings. The molecule has 4 fully saturated rings. The first-order chi connectivity index (χ1) is 4.88. The van der Waals surface area contributed by atoms with Crippen LogP contribution in [-0.4, -0.2) is 11.2 Å². The van der Waals surface area contributed by atoms with Gasteiger partial charge in [0.15, 0.2) is 0 Å². The van der Waals surface area contributed by atoms with Gasteiger partial charge in [-0.15, -0.1) is 0 Å². The number of rotatable bonds is 0. The van der Waals surface area contributed by atoms with E-state index in [4.69, 9.17) is 0 Å². The minimum absolute atomic E-state index is 0.138. The monoisotopic (exact) mass is 136 g/mol. The second kappa shape index (κ2) is 1.08. The maximum Gasteiger partial charge on any atom is 0.0605 e. The van der Waals surface area contributed by atoms with Gasteiger partial charge < -0.3 is 5.11 Å². The highest BCUT2D eigenvalue weighted by Crippen LogP contribution is 2.78. The highest BCUT2D eigenvalue weighted by molar-refractivity contribution is 5.24. The molecule has 0 heterocycles. The Balaban J connectivity index is 1.94. The van der Waals surface area contributed by atoms with Crippen LogP contribution in [0, 0.1) is 35.5 Å². The summed E-state index contributed by atoms with van der Waals surface area (Å²) in [6.45, 7) is 0. The smallest absolute Gasteiger partial charge is 0.0605 e. The summed E-state index contributed by atoms with van der Waals surface area (Å²) < 4.78 is 0. The Kier molecular flexibility index (Phi) is 0.513. The lowest BCUT2D eigenvalue weighted by Crippen LogP contribution is -2.26. The molecule has 1 nitrogen and oxygen atoms in total. The highest BCUT2D eigenvalue weighted by Gasteiger charge is 2.76. The fourth-order valence-corrected chi connectivity index (χ4v) is 4.62. The molecule has 0 amide bonds. The van der Waals surface area contributed by atoms with Crippen molar-refractivity contribution < 1.29 is 5.11 Å². The van der Waals surface area contributed by atoms with Crippen LogP contribution in [0.1, 0.15) is 12.8 Å². The lowest BCUT2D eigenvalue weighted by atomic mass is 9.84. The summed E-state index contributed by atoms with van der Waals surface area (Å²) in [5.41, 5.74) is 0. The second-order valence-electron chi connectivity index (χ2n) is 4.78. The van der Waals surface area contributed by atoms with E-state index in [2.05, 4.69) is 0 Å². The van der Waals surface area contributed by atoms with Gasteiger partial charge >= 0.3 is 0 Å². The molecule has 0 aromatic heterocycles. The topological polar surface area (TPSA) is 20.2 Å². The van der Waals surface area contributed by atoms with Gasteiger partial charge in [-0.3, -0.25) is 0 Å². The SMILES string of the molecule is O[C@@H]1[C@H]2C[C@@H]3C[C@H]2[C@H]2[C@@H]3[C@@H]12. The molecule has 4 saturated carbocycles. The fraction of sp³-hybridized carbons (Fsp3) is 1.00. The van der Waals surface area contributed by atoms with Crippen molar-refractivity contribution in [3.8, 4) is 0 Å². The second-order valence-corrected chi connectivity index (χ2v) is 4.78. The molecular weight excluding hydrogens is 124 g/mol. The van der Waals surface area contributed by atoms with Crippen LogP contribution in [0.25, 0.3) is 0 Å². The lowest BCUT2D eigenvalue weighted by Gasteiger charge is -2.25. The van der Waals surface area contributed by atoms with E-state index in [1.165, 1.54) is 12.8 Å². The first-order valence-corrected chi connectivity index (χ1v) is 4.56. The average molecular weight is 136 g/mol. The molecule has 2 bridgehead atoms. The number of fused-ring (bicyclic) bond motifs is 3. The maximum atomic E-state index is 9.73. The zero-order valence-electron chi connectivity index (χ0n) is 5.90. The molecule has 0 spiro atoms. The summed E-state index contributed by atoms with van der Waals surface area (Å²) in [7, 11) is 0. The van der Waals surface area contributed by atoms with Crippen molar-refractivity contribution in [2.24, 2.45) is 35.5 Å². The van der Waals surface area contributed by atoms with Gasteiger partial charge in [-0.25, -0.2) is 0 Å². The van der Waals surface area contributed by atoms with Gasteiger partial charge in [-0.2, -0.15) is 0 Å². The standard InChI is InChI=1S/C9H12O/c10-9-5-2-3-1-4(5)7-6(3)8(7)9/h3-10H,1-2H2/t3-,4+,5-,6+,7-,8+,9+/m0/s1. The molecule has 0 unspecified atom stereocenters. The Morgan fingerprint density at radius 1 is 0.900 bits per heavy atom. The van der Waals surface area contributed by atoms with Gasteiger partial charge in [0.05, 0.1) is 6.10 Å². The fourth-order valence-electron chi connectivity index (χ4n) is 4.62. The molecule has 0 aromatic rings. The van der Waals surface area contributed by atoms with Gasteiger partial charge in [0.25, 0.3) is 0 Å². The van der Waals surface area contributed by atoms with Gasteiger partial charge in [0, 0.05) is 0 Å². The summed E-state index contributed by atoms with van der Waals surface area (Å²) in [6.07, 6.45) is 3.00. The van der Waals surface area contributed by atoms with E-state index in [-0.39, 0.29) is 6.10 Å². The zero-order valence-corrected chi connectivity index (χ0v) is 5.90. The van der Waals surface area contributed by atoms with E-state index in [1.54, 1.807) is 0 Å². The van der Waals surface area contributed by atoms with E-state index >= 15 is 0 Å².